The first-order valence-corrected chi connectivity index (χ1v) is 13.4. The third kappa shape index (κ3) is 5.41. The number of benzene rings is 2. The van der Waals surface area contributed by atoms with Crippen molar-refractivity contribution >= 4 is 33.9 Å². The van der Waals surface area contributed by atoms with Gasteiger partial charge in [-0.15, -0.1) is 11.3 Å². The molecular weight excluding hydrogens is 456 g/mol. The second-order valence-electron chi connectivity index (χ2n) is 10.4. The molecule has 186 valence electrons. The summed E-state index contributed by atoms with van der Waals surface area (Å²) in [6.45, 7) is 11.2. The van der Waals surface area contributed by atoms with E-state index >= 15 is 0 Å². The van der Waals surface area contributed by atoms with E-state index < -0.39 is 11.5 Å². The van der Waals surface area contributed by atoms with Crippen molar-refractivity contribution in [3.05, 3.63) is 52.9 Å². The first kappa shape index (κ1) is 25.3. The zero-order valence-corrected chi connectivity index (χ0v) is 22.1. The normalized spacial score (nSPS) is 18.0. The van der Waals surface area contributed by atoms with Crippen molar-refractivity contribution in [3.8, 4) is 11.3 Å². The molecule has 3 aromatic rings. The van der Waals surface area contributed by atoms with Gasteiger partial charge in [0.1, 0.15) is 11.0 Å². The number of likely N-dealkylation sites (tertiary alicyclic amines) is 1. The zero-order valence-electron chi connectivity index (χ0n) is 21.3. The van der Waals surface area contributed by atoms with Gasteiger partial charge >= 0.3 is 0 Å². The van der Waals surface area contributed by atoms with E-state index in [9.17, 15) is 9.59 Å². The van der Waals surface area contributed by atoms with Crippen LogP contribution in [0.5, 0.6) is 0 Å². The number of hydrogen-bond acceptors (Lipinski definition) is 5. The Bertz CT molecular complexity index is 1190. The highest BCUT2D eigenvalue weighted by molar-refractivity contribution is 7.10. The molecule has 0 spiro atoms. The molecule has 0 aliphatic carbocycles. The van der Waals surface area contributed by atoms with E-state index in [1.54, 1.807) is 11.3 Å². The third-order valence-corrected chi connectivity index (χ3v) is 7.66. The maximum absolute atomic E-state index is 13.8. The van der Waals surface area contributed by atoms with Crippen LogP contribution in [-0.2, 0) is 9.59 Å². The minimum absolute atomic E-state index is 0.0287. The zero-order chi connectivity index (χ0) is 25.2. The molecule has 2 heterocycles. The quantitative estimate of drug-likeness (QED) is 0.478. The van der Waals surface area contributed by atoms with Crippen LogP contribution in [0.15, 0.2) is 47.8 Å². The predicted molar refractivity (Wildman–Crippen MR) is 143 cm³/mol. The van der Waals surface area contributed by atoms with Crippen molar-refractivity contribution in [3.63, 3.8) is 0 Å². The van der Waals surface area contributed by atoms with E-state index in [0.717, 1.165) is 29.1 Å². The molecular formula is C28H36N4O2S. The van der Waals surface area contributed by atoms with E-state index in [0.29, 0.717) is 13.1 Å². The minimum Gasteiger partial charge on any atom is -0.342 e. The lowest BCUT2D eigenvalue weighted by Crippen LogP contribution is -2.57. The van der Waals surface area contributed by atoms with E-state index in [4.69, 9.17) is 4.98 Å². The number of carbonyl (C=O) groups excluding carboxylic acids is 2. The van der Waals surface area contributed by atoms with Gasteiger partial charge < -0.3 is 15.5 Å². The molecule has 35 heavy (non-hydrogen) atoms. The van der Waals surface area contributed by atoms with Crippen molar-refractivity contribution in [1.29, 1.82) is 0 Å². The van der Waals surface area contributed by atoms with Crippen LogP contribution in [0.25, 0.3) is 22.0 Å². The van der Waals surface area contributed by atoms with Crippen molar-refractivity contribution in [2.24, 2.45) is 5.41 Å². The number of nitrogens with one attached hydrogen (secondary N) is 2. The largest absolute Gasteiger partial charge is 0.342 e. The van der Waals surface area contributed by atoms with Gasteiger partial charge in [0, 0.05) is 17.5 Å². The fourth-order valence-electron chi connectivity index (χ4n) is 4.78. The Balaban J connectivity index is 1.58. The summed E-state index contributed by atoms with van der Waals surface area (Å²) in [5.74, 6) is -0.178. The number of rotatable bonds is 7. The molecule has 0 bridgehead atoms. The molecule has 1 fully saturated rings. The Morgan fingerprint density at radius 3 is 2.66 bits per heavy atom. The minimum atomic E-state index is -0.603. The van der Waals surface area contributed by atoms with Gasteiger partial charge in [-0.1, -0.05) is 70.2 Å². The molecule has 2 amide bonds. The Hall–Kier alpha value is -2.77. The van der Waals surface area contributed by atoms with E-state index in [2.05, 4.69) is 46.3 Å². The molecule has 0 radical (unpaired) electrons. The van der Waals surface area contributed by atoms with E-state index in [-0.39, 0.29) is 23.9 Å². The number of nitrogens with zero attached hydrogens (tertiary/aromatic N) is 2. The first-order chi connectivity index (χ1) is 16.7. The fourth-order valence-corrected chi connectivity index (χ4v) is 5.75. The predicted octanol–water partition coefficient (Wildman–Crippen LogP) is 5.16. The summed E-state index contributed by atoms with van der Waals surface area (Å²) in [6, 6.07) is 13.6. The van der Waals surface area contributed by atoms with Gasteiger partial charge in [0.05, 0.1) is 17.8 Å². The second-order valence-corrected chi connectivity index (χ2v) is 11.3. The highest BCUT2D eigenvalue weighted by atomic mass is 32.1. The molecule has 1 saturated heterocycles. The second kappa shape index (κ2) is 10.5. The average Bonchev–Trinajstić information content (AvgIpc) is 3.50. The molecule has 2 aromatic carbocycles. The maximum Gasteiger partial charge on any atom is 0.246 e. The smallest absolute Gasteiger partial charge is 0.246 e. The summed E-state index contributed by atoms with van der Waals surface area (Å²) in [7, 11) is 0. The number of amides is 2. The number of thiazole rings is 1. The number of hydrogen-bond donors (Lipinski definition) is 2. The van der Waals surface area contributed by atoms with Crippen molar-refractivity contribution in [1.82, 2.24) is 20.5 Å². The third-order valence-electron chi connectivity index (χ3n) is 6.71. The number of aromatic nitrogens is 1. The molecule has 1 aliphatic heterocycles. The van der Waals surface area contributed by atoms with Gasteiger partial charge in [0.15, 0.2) is 0 Å². The highest BCUT2D eigenvalue weighted by Crippen LogP contribution is 2.38. The lowest BCUT2D eigenvalue weighted by Gasteiger charge is -2.36. The van der Waals surface area contributed by atoms with Crippen LogP contribution < -0.4 is 10.6 Å². The van der Waals surface area contributed by atoms with Gasteiger partial charge in [-0.05, 0) is 42.5 Å². The molecule has 3 atom stereocenters. The van der Waals surface area contributed by atoms with Gasteiger partial charge in [0.2, 0.25) is 11.8 Å². The van der Waals surface area contributed by atoms with Gasteiger partial charge in [-0.3, -0.25) is 9.59 Å². The van der Waals surface area contributed by atoms with E-state index in [1.807, 2.05) is 51.7 Å². The summed E-state index contributed by atoms with van der Waals surface area (Å²) in [4.78, 5) is 33.5. The van der Waals surface area contributed by atoms with Crippen LogP contribution in [0.2, 0.25) is 0 Å². The first-order valence-electron chi connectivity index (χ1n) is 12.5. The molecule has 6 nitrogen and oxygen atoms in total. The van der Waals surface area contributed by atoms with Crippen LogP contribution >= 0.6 is 11.3 Å². The molecule has 0 unspecified atom stereocenters. The number of carbonyl (C=O) groups is 2. The van der Waals surface area contributed by atoms with Gasteiger partial charge in [0.25, 0.3) is 0 Å². The molecule has 1 aliphatic rings. The Kier molecular flexibility index (Phi) is 7.57. The summed E-state index contributed by atoms with van der Waals surface area (Å²) < 4.78 is 0. The highest BCUT2D eigenvalue weighted by Gasteiger charge is 2.41. The van der Waals surface area contributed by atoms with Crippen LogP contribution in [0.1, 0.15) is 58.5 Å². The van der Waals surface area contributed by atoms with Crippen LogP contribution in [0.3, 0.4) is 0 Å². The summed E-state index contributed by atoms with van der Waals surface area (Å²) in [5, 5.41) is 11.6. The monoisotopic (exact) mass is 492 g/mol. The van der Waals surface area contributed by atoms with Crippen LogP contribution in [-0.4, -0.2) is 46.9 Å². The molecule has 7 heteroatoms. The Morgan fingerprint density at radius 2 is 1.91 bits per heavy atom. The summed E-state index contributed by atoms with van der Waals surface area (Å²) in [6.07, 6.45) is 1.81. The molecule has 4 rings (SSSR count). The SMILES string of the molecule is CCN[C@@H](C)C(=O)N[C@H](C(=O)N1CCC[C@H]1c1nc(-c2cccc3ccccc23)cs1)C(C)(C)C. The van der Waals surface area contributed by atoms with E-state index in [1.165, 1.54) is 10.8 Å². The van der Waals surface area contributed by atoms with Gasteiger partial charge in [-0.25, -0.2) is 4.98 Å². The van der Waals surface area contributed by atoms with Crippen LogP contribution in [0.4, 0.5) is 0 Å². The maximum atomic E-state index is 13.8. The topological polar surface area (TPSA) is 74.3 Å². The Morgan fingerprint density at radius 1 is 1.17 bits per heavy atom. The molecule has 0 saturated carbocycles. The lowest BCUT2D eigenvalue weighted by atomic mass is 9.85. The Labute approximate surface area is 212 Å². The summed E-state index contributed by atoms with van der Waals surface area (Å²) in [5.41, 5.74) is 1.64. The van der Waals surface area contributed by atoms with Crippen molar-refractivity contribution in [2.75, 3.05) is 13.1 Å². The van der Waals surface area contributed by atoms with Gasteiger partial charge in [-0.2, -0.15) is 0 Å². The van der Waals surface area contributed by atoms with Crippen molar-refractivity contribution in [2.45, 2.75) is 65.6 Å². The number of likely N-dealkylation sites (N-methyl/N-ethyl adjacent to an activating group) is 1. The fraction of sp³-hybridized carbons (Fsp3) is 0.464. The van der Waals surface area contributed by atoms with Crippen LogP contribution in [0, 0.1) is 5.41 Å². The standard InChI is InChI=1S/C28H36N4O2S/c1-6-29-18(2)25(33)31-24(28(3,4)5)27(34)32-16-10-15-23(32)26-30-22(17-35-26)21-14-9-12-19-11-7-8-13-20(19)21/h7-9,11-14,17-18,23-24,29H,6,10,15-16H2,1-5H3,(H,31,33)/t18-,23-,24+/m0/s1. The summed E-state index contributed by atoms with van der Waals surface area (Å²) >= 11 is 1.61. The average molecular weight is 493 g/mol. The number of fused-ring (bicyclic) bond motifs is 1. The molecule has 2 N–H and O–H groups in total. The lowest BCUT2D eigenvalue weighted by molar-refractivity contribution is -0.140. The van der Waals surface area contributed by atoms with Crippen molar-refractivity contribution < 1.29 is 9.59 Å². The molecule has 1 aromatic heterocycles.